The molecule has 1 rings (SSSR count). The van der Waals surface area contributed by atoms with Crippen molar-refractivity contribution in [2.75, 3.05) is 0 Å². The zero-order valence-electron chi connectivity index (χ0n) is 8.83. The summed E-state index contributed by atoms with van der Waals surface area (Å²) in [5.74, 6) is 0.680. The third-order valence-corrected chi connectivity index (χ3v) is 1.33. The van der Waals surface area contributed by atoms with Crippen molar-refractivity contribution in [1.29, 1.82) is 0 Å². The van der Waals surface area contributed by atoms with Crippen molar-refractivity contribution >= 4 is 0 Å². The van der Waals surface area contributed by atoms with Crippen LogP contribution in [0.3, 0.4) is 0 Å². The van der Waals surface area contributed by atoms with E-state index in [2.05, 4.69) is 18.9 Å². The van der Waals surface area contributed by atoms with Gasteiger partial charge in [0, 0.05) is 12.7 Å². The van der Waals surface area contributed by atoms with Crippen LogP contribution >= 0.6 is 0 Å². The molecule has 1 aromatic rings. The van der Waals surface area contributed by atoms with Gasteiger partial charge in [0.1, 0.15) is 0 Å². The molecular formula is C10H20N2. The minimum absolute atomic E-state index is 0.680. The molecule has 0 atom stereocenters. The Morgan fingerprint density at radius 1 is 1.42 bits per heavy atom. The fourth-order valence-electron chi connectivity index (χ4n) is 0.939. The first-order valence-corrected chi connectivity index (χ1v) is 4.68. The standard InChI is InChI=1S/C8H14N2.C2H6/c1-7(2)6-10-5-4-8(3)9-10;1-2/h4-5,7H,6H2,1-3H3;1-2H3. The van der Waals surface area contributed by atoms with Gasteiger partial charge in [0.05, 0.1) is 5.69 Å². The predicted molar refractivity (Wildman–Crippen MR) is 53.2 cm³/mol. The molecule has 70 valence electrons. The van der Waals surface area contributed by atoms with Crippen molar-refractivity contribution in [2.45, 2.75) is 41.2 Å². The number of rotatable bonds is 2. The van der Waals surface area contributed by atoms with E-state index in [4.69, 9.17) is 0 Å². The molecule has 0 amide bonds. The van der Waals surface area contributed by atoms with Gasteiger partial charge in [0.15, 0.2) is 0 Å². The summed E-state index contributed by atoms with van der Waals surface area (Å²) >= 11 is 0. The SMILES string of the molecule is CC.Cc1ccn(CC(C)C)n1. The van der Waals surface area contributed by atoms with Gasteiger partial charge in [0.25, 0.3) is 0 Å². The van der Waals surface area contributed by atoms with Gasteiger partial charge in [-0.25, -0.2) is 0 Å². The molecule has 2 nitrogen and oxygen atoms in total. The first kappa shape index (κ1) is 11.2. The summed E-state index contributed by atoms with van der Waals surface area (Å²) < 4.78 is 1.99. The first-order chi connectivity index (χ1) is 5.68. The third-order valence-electron chi connectivity index (χ3n) is 1.33. The fraction of sp³-hybridized carbons (Fsp3) is 0.700. The zero-order valence-corrected chi connectivity index (χ0v) is 8.83. The summed E-state index contributed by atoms with van der Waals surface area (Å²) in [4.78, 5) is 0. The van der Waals surface area contributed by atoms with Crippen LogP contribution < -0.4 is 0 Å². The molecule has 12 heavy (non-hydrogen) atoms. The Morgan fingerprint density at radius 3 is 2.33 bits per heavy atom. The average Bonchev–Trinajstić information content (AvgIpc) is 2.39. The van der Waals surface area contributed by atoms with Crippen molar-refractivity contribution < 1.29 is 0 Å². The van der Waals surface area contributed by atoms with Gasteiger partial charge in [-0.15, -0.1) is 0 Å². The van der Waals surface area contributed by atoms with Crippen LogP contribution in [0.2, 0.25) is 0 Å². The van der Waals surface area contributed by atoms with Gasteiger partial charge in [-0.1, -0.05) is 27.7 Å². The first-order valence-electron chi connectivity index (χ1n) is 4.68. The van der Waals surface area contributed by atoms with Crippen molar-refractivity contribution in [3.05, 3.63) is 18.0 Å². The van der Waals surface area contributed by atoms with Crippen LogP contribution in [-0.4, -0.2) is 9.78 Å². The summed E-state index contributed by atoms with van der Waals surface area (Å²) in [7, 11) is 0. The van der Waals surface area contributed by atoms with Gasteiger partial charge < -0.3 is 0 Å². The second-order valence-electron chi connectivity index (χ2n) is 3.07. The third kappa shape index (κ3) is 4.16. The Bertz CT molecular complexity index is 201. The van der Waals surface area contributed by atoms with E-state index < -0.39 is 0 Å². The van der Waals surface area contributed by atoms with Gasteiger partial charge in [-0.3, -0.25) is 4.68 Å². The molecule has 0 aliphatic carbocycles. The number of nitrogens with zero attached hydrogens (tertiary/aromatic N) is 2. The molecule has 0 N–H and O–H groups in total. The van der Waals surface area contributed by atoms with Crippen LogP contribution in [-0.2, 0) is 6.54 Å². The number of hydrogen-bond acceptors (Lipinski definition) is 1. The Kier molecular flexibility index (Phi) is 5.43. The Morgan fingerprint density at radius 2 is 2.00 bits per heavy atom. The summed E-state index contributed by atoms with van der Waals surface area (Å²) in [6, 6.07) is 2.03. The molecule has 1 heterocycles. The lowest BCUT2D eigenvalue weighted by Crippen LogP contribution is -2.04. The molecule has 0 saturated carbocycles. The Balaban J connectivity index is 0.000000561. The number of aryl methyl sites for hydroxylation is 1. The second kappa shape index (κ2) is 5.81. The summed E-state index contributed by atoms with van der Waals surface area (Å²) in [6.45, 7) is 11.4. The molecule has 0 bridgehead atoms. The molecule has 0 spiro atoms. The normalized spacial score (nSPS) is 9.50. The molecular weight excluding hydrogens is 148 g/mol. The van der Waals surface area contributed by atoms with Gasteiger partial charge in [-0.05, 0) is 18.9 Å². The van der Waals surface area contributed by atoms with Gasteiger partial charge in [0.2, 0.25) is 0 Å². The topological polar surface area (TPSA) is 17.8 Å². The van der Waals surface area contributed by atoms with Gasteiger partial charge in [-0.2, -0.15) is 5.10 Å². The van der Waals surface area contributed by atoms with Crippen LogP contribution in [0.15, 0.2) is 12.3 Å². The maximum atomic E-state index is 4.27. The van der Waals surface area contributed by atoms with E-state index in [1.165, 1.54) is 0 Å². The summed E-state index contributed by atoms with van der Waals surface area (Å²) in [5, 5.41) is 4.27. The van der Waals surface area contributed by atoms with E-state index in [-0.39, 0.29) is 0 Å². The van der Waals surface area contributed by atoms with Crippen LogP contribution in [0.4, 0.5) is 0 Å². The van der Waals surface area contributed by atoms with Crippen LogP contribution in [0.25, 0.3) is 0 Å². The summed E-state index contributed by atoms with van der Waals surface area (Å²) in [6.07, 6.45) is 2.02. The van der Waals surface area contributed by atoms with Crippen molar-refractivity contribution in [3.63, 3.8) is 0 Å². The molecule has 0 radical (unpaired) electrons. The number of hydrogen-bond donors (Lipinski definition) is 0. The molecule has 1 aromatic heterocycles. The fourth-order valence-corrected chi connectivity index (χ4v) is 0.939. The van der Waals surface area contributed by atoms with E-state index in [0.717, 1.165) is 12.2 Å². The van der Waals surface area contributed by atoms with Gasteiger partial charge >= 0.3 is 0 Å². The van der Waals surface area contributed by atoms with Crippen molar-refractivity contribution in [2.24, 2.45) is 5.92 Å². The summed E-state index contributed by atoms with van der Waals surface area (Å²) in [5.41, 5.74) is 1.10. The minimum Gasteiger partial charge on any atom is -0.272 e. The van der Waals surface area contributed by atoms with E-state index in [9.17, 15) is 0 Å². The highest BCUT2D eigenvalue weighted by atomic mass is 15.3. The second-order valence-corrected chi connectivity index (χ2v) is 3.07. The smallest absolute Gasteiger partial charge is 0.0593 e. The highest BCUT2D eigenvalue weighted by molar-refractivity contribution is 4.94. The van der Waals surface area contributed by atoms with Crippen molar-refractivity contribution in [1.82, 2.24) is 9.78 Å². The monoisotopic (exact) mass is 168 g/mol. The number of aromatic nitrogens is 2. The predicted octanol–water partition coefficient (Wildman–Crippen LogP) is 2.87. The van der Waals surface area contributed by atoms with Crippen LogP contribution in [0.5, 0.6) is 0 Å². The quantitative estimate of drug-likeness (QED) is 0.664. The molecule has 0 aliphatic rings. The molecule has 0 aliphatic heterocycles. The zero-order chi connectivity index (χ0) is 9.56. The highest BCUT2D eigenvalue weighted by Gasteiger charge is 1.96. The maximum absolute atomic E-state index is 4.27. The Hall–Kier alpha value is -0.790. The van der Waals surface area contributed by atoms with E-state index in [1.54, 1.807) is 0 Å². The van der Waals surface area contributed by atoms with Crippen LogP contribution in [0.1, 0.15) is 33.4 Å². The minimum atomic E-state index is 0.680. The lowest BCUT2D eigenvalue weighted by Gasteiger charge is -2.02. The maximum Gasteiger partial charge on any atom is 0.0593 e. The molecule has 0 unspecified atom stereocenters. The lowest BCUT2D eigenvalue weighted by atomic mass is 10.2. The molecule has 0 fully saturated rings. The largest absolute Gasteiger partial charge is 0.272 e. The van der Waals surface area contributed by atoms with Crippen LogP contribution in [0, 0.1) is 12.8 Å². The molecule has 2 heteroatoms. The van der Waals surface area contributed by atoms with Crippen molar-refractivity contribution in [3.8, 4) is 0 Å². The van der Waals surface area contributed by atoms with E-state index in [0.29, 0.717) is 5.92 Å². The van der Waals surface area contributed by atoms with E-state index in [1.807, 2.05) is 37.7 Å². The average molecular weight is 168 g/mol. The Labute approximate surface area is 75.6 Å². The highest BCUT2D eigenvalue weighted by Crippen LogP contribution is 1.98. The molecule has 0 aromatic carbocycles. The lowest BCUT2D eigenvalue weighted by molar-refractivity contribution is 0.481. The molecule has 0 saturated heterocycles. The van der Waals surface area contributed by atoms with E-state index >= 15 is 0 Å².